The standard InChI is InChI=1S/C22H25F3O4/c1-3-5-6-20(21(26)27-4-2)29-19-13-11-18(12-14-19)28-15-16-7-9-17(10-8-16)22(23,24)25/h7-14,20H,3-6,15H2,1-2H3. The highest BCUT2D eigenvalue weighted by molar-refractivity contribution is 5.75. The van der Waals surface area contributed by atoms with Crippen LogP contribution in [0.3, 0.4) is 0 Å². The number of hydrogen-bond donors (Lipinski definition) is 0. The Morgan fingerprint density at radius 3 is 2.14 bits per heavy atom. The van der Waals surface area contributed by atoms with Gasteiger partial charge in [-0.15, -0.1) is 0 Å². The topological polar surface area (TPSA) is 44.8 Å². The van der Waals surface area contributed by atoms with Crippen LogP contribution in [0.25, 0.3) is 0 Å². The molecule has 0 fully saturated rings. The van der Waals surface area contributed by atoms with E-state index in [-0.39, 0.29) is 12.6 Å². The van der Waals surface area contributed by atoms with E-state index >= 15 is 0 Å². The first kappa shape index (κ1) is 22.6. The van der Waals surface area contributed by atoms with Crippen LogP contribution < -0.4 is 9.47 Å². The van der Waals surface area contributed by atoms with Gasteiger partial charge >= 0.3 is 12.1 Å². The van der Waals surface area contributed by atoms with E-state index in [2.05, 4.69) is 0 Å². The Kier molecular flexibility index (Phi) is 8.36. The summed E-state index contributed by atoms with van der Waals surface area (Å²) in [5.41, 5.74) is -0.0674. The van der Waals surface area contributed by atoms with Crippen LogP contribution in [-0.2, 0) is 22.3 Å². The quantitative estimate of drug-likeness (QED) is 0.466. The predicted molar refractivity (Wildman–Crippen MR) is 103 cm³/mol. The van der Waals surface area contributed by atoms with Gasteiger partial charge in [0.15, 0.2) is 6.10 Å². The average Bonchev–Trinajstić information content (AvgIpc) is 2.70. The number of carbonyl (C=O) groups is 1. The lowest BCUT2D eigenvalue weighted by molar-refractivity contribution is -0.151. The summed E-state index contributed by atoms with van der Waals surface area (Å²) in [6.45, 7) is 4.21. The van der Waals surface area contributed by atoms with E-state index in [0.717, 1.165) is 25.0 Å². The molecule has 0 heterocycles. The molecule has 2 rings (SSSR count). The van der Waals surface area contributed by atoms with E-state index in [1.54, 1.807) is 31.2 Å². The molecule has 0 aliphatic rings. The molecule has 0 saturated heterocycles. The summed E-state index contributed by atoms with van der Waals surface area (Å²) in [4.78, 5) is 12.0. The van der Waals surface area contributed by atoms with Crippen LogP contribution in [0.1, 0.15) is 44.2 Å². The van der Waals surface area contributed by atoms with Gasteiger partial charge in [0, 0.05) is 0 Å². The molecule has 0 amide bonds. The first-order chi connectivity index (χ1) is 13.8. The maximum absolute atomic E-state index is 12.6. The minimum Gasteiger partial charge on any atom is -0.489 e. The summed E-state index contributed by atoms with van der Waals surface area (Å²) in [7, 11) is 0. The van der Waals surface area contributed by atoms with Crippen molar-refractivity contribution in [2.75, 3.05) is 6.61 Å². The number of alkyl halides is 3. The number of hydrogen-bond acceptors (Lipinski definition) is 4. The molecule has 4 nitrogen and oxygen atoms in total. The number of esters is 1. The third-order valence-corrected chi connectivity index (χ3v) is 4.16. The molecule has 0 aliphatic carbocycles. The minimum atomic E-state index is -4.35. The van der Waals surface area contributed by atoms with Gasteiger partial charge in [-0.1, -0.05) is 25.5 Å². The van der Waals surface area contributed by atoms with E-state index in [9.17, 15) is 18.0 Å². The number of benzene rings is 2. The van der Waals surface area contributed by atoms with Crippen molar-refractivity contribution in [1.82, 2.24) is 0 Å². The molecule has 1 unspecified atom stereocenters. The Labute approximate surface area is 168 Å². The number of ether oxygens (including phenoxy) is 3. The van der Waals surface area contributed by atoms with Crippen molar-refractivity contribution in [3.8, 4) is 11.5 Å². The van der Waals surface area contributed by atoms with Crippen LogP contribution in [0.2, 0.25) is 0 Å². The summed E-state index contributed by atoms with van der Waals surface area (Å²) < 4.78 is 54.2. The fourth-order valence-corrected chi connectivity index (χ4v) is 2.58. The Morgan fingerprint density at radius 1 is 0.966 bits per heavy atom. The largest absolute Gasteiger partial charge is 0.489 e. The van der Waals surface area contributed by atoms with Gasteiger partial charge in [0.1, 0.15) is 18.1 Å². The van der Waals surface area contributed by atoms with Crippen LogP contribution in [0.5, 0.6) is 11.5 Å². The van der Waals surface area contributed by atoms with E-state index in [1.165, 1.54) is 12.1 Å². The number of unbranched alkanes of at least 4 members (excludes halogenated alkanes) is 1. The van der Waals surface area contributed by atoms with Gasteiger partial charge in [-0.25, -0.2) is 4.79 Å². The minimum absolute atomic E-state index is 0.139. The number of rotatable bonds is 10. The van der Waals surface area contributed by atoms with Crippen molar-refractivity contribution in [3.63, 3.8) is 0 Å². The SMILES string of the molecule is CCCCC(Oc1ccc(OCc2ccc(C(F)(F)F)cc2)cc1)C(=O)OCC. The van der Waals surface area contributed by atoms with Crippen LogP contribution in [-0.4, -0.2) is 18.7 Å². The summed E-state index contributed by atoms with van der Waals surface area (Å²) in [5, 5.41) is 0. The second-order valence-electron chi connectivity index (χ2n) is 6.46. The normalized spacial score (nSPS) is 12.3. The van der Waals surface area contributed by atoms with Crippen molar-refractivity contribution in [2.24, 2.45) is 0 Å². The third kappa shape index (κ3) is 7.33. The zero-order chi connectivity index (χ0) is 21.3. The van der Waals surface area contributed by atoms with Crippen LogP contribution >= 0.6 is 0 Å². The first-order valence-corrected chi connectivity index (χ1v) is 9.55. The molecule has 7 heteroatoms. The third-order valence-electron chi connectivity index (χ3n) is 4.16. The van der Waals surface area contributed by atoms with E-state index in [4.69, 9.17) is 14.2 Å². The lowest BCUT2D eigenvalue weighted by Crippen LogP contribution is -2.29. The highest BCUT2D eigenvalue weighted by Crippen LogP contribution is 2.29. The Hall–Kier alpha value is -2.70. The van der Waals surface area contributed by atoms with Crippen LogP contribution in [0.4, 0.5) is 13.2 Å². The number of carbonyl (C=O) groups excluding carboxylic acids is 1. The summed E-state index contributed by atoms with van der Waals surface area (Å²) in [5.74, 6) is 0.670. The molecule has 158 valence electrons. The zero-order valence-electron chi connectivity index (χ0n) is 16.5. The highest BCUT2D eigenvalue weighted by Gasteiger charge is 2.29. The van der Waals surface area contributed by atoms with Gasteiger partial charge in [0.2, 0.25) is 0 Å². The van der Waals surface area contributed by atoms with E-state index < -0.39 is 17.8 Å². The molecular weight excluding hydrogens is 385 g/mol. The van der Waals surface area contributed by atoms with Crippen LogP contribution in [0.15, 0.2) is 48.5 Å². The molecule has 29 heavy (non-hydrogen) atoms. The Bertz CT molecular complexity index is 755. The molecule has 1 atom stereocenters. The van der Waals surface area contributed by atoms with Crippen molar-refractivity contribution in [2.45, 2.75) is 52.0 Å². The second kappa shape index (κ2) is 10.7. The maximum Gasteiger partial charge on any atom is 0.416 e. The maximum atomic E-state index is 12.6. The molecule has 0 aliphatic heterocycles. The lowest BCUT2D eigenvalue weighted by atomic mass is 10.1. The van der Waals surface area contributed by atoms with E-state index in [1.807, 2.05) is 6.92 Å². The summed E-state index contributed by atoms with van der Waals surface area (Å²) >= 11 is 0. The van der Waals surface area contributed by atoms with E-state index in [0.29, 0.717) is 30.1 Å². The fourth-order valence-electron chi connectivity index (χ4n) is 2.58. The Balaban J connectivity index is 1.92. The average molecular weight is 410 g/mol. The smallest absolute Gasteiger partial charge is 0.416 e. The van der Waals surface area contributed by atoms with Crippen molar-refractivity contribution in [1.29, 1.82) is 0 Å². The summed E-state index contributed by atoms with van der Waals surface area (Å²) in [6, 6.07) is 11.6. The molecule has 0 spiro atoms. The Morgan fingerprint density at radius 2 is 1.59 bits per heavy atom. The molecule has 0 saturated carbocycles. The van der Waals surface area contributed by atoms with Crippen molar-refractivity contribution in [3.05, 3.63) is 59.7 Å². The monoisotopic (exact) mass is 410 g/mol. The predicted octanol–water partition coefficient (Wildman–Crippen LogP) is 5.79. The van der Waals surface area contributed by atoms with Gasteiger partial charge in [-0.3, -0.25) is 0 Å². The van der Waals surface area contributed by atoms with Crippen molar-refractivity contribution < 1.29 is 32.2 Å². The molecule has 0 aromatic heterocycles. The fraction of sp³-hybridized carbons (Fsp3) is 0.409. The molecule has 2 aromatic rings. The molecule has 0 radical (unpaired) electrons. The number of halogens is 3. The lowest BCUT2D eigenvalue weighted by Gasteiger charge is -2.17. The first-order valence-electron chi connectivity index (χ1n) is 9.55. The van der Waals surface area contributed by atoms with Crippen LogP contribution in [0, 0.1) is 0 Å². The van der Waals surface area contributed by atoms with Gasteiger partial charge in [-0.2, -0.15) is 13.2 Å². The van der Waals surface area contributed by atoms with Crippen molar-refractivity contribution >= 4 is 5.97 Å². The molecule has 0 bridgehead atoms. The second-order valence-corrected chi connectivity index (χ2v) is 6.46. The van der Waals surface area contributed by atoms with Gasteiger partial charge in [0.25, 0.3) is 0 Å². The molecule has 0 N–H and O–H groups in total. The molecular formula is C22H25F3O4. The van der Waals surface area contributed by atoms with Gasteiger partial charge in [-0.05, 0) is 61.7 Å². The highest BCUT2D eigenvalue weighted by atomic mass is 19.4. The molecule has 2 aromatic carbocycles. The van der Waals surface area contributed by atoms with Gasteiger partial charge in [0.05, 0.1) is 12.2 Å². The van der Waals surface area contributed by atoms with Gasteiger partial charge < -0.3 is 14.2 Å². The zero-order valence-corrected chi connectivity index (χ0v) is 16.5. The summed E-state index contributed by atoms with van der Waals surface area (Å²) in [6.07, 6.45) is -2.66.